The van der Waals surface area contributed by atoms with E-state index in [4.69, 9.17) is 5.73 Å². The molecule has 0 radical (unpaired) electrons. The van der Waals surface area contributed by atoms with Crippen molar-refractivity contribution in [2.24, 2.45) is 0 Å². The number of nitrogen functional groups attached to an aromatic ring is 1. The number of carbonyl (C=O) groups is 1. The summed E-state index contributed by atoms with van der Waals surface area (Å²) < 4.78 is 13.8. The molecule has 2 aromatic rings. The van der Waals surface area contributed by atoms with Gasteiger partial charge in [0.15, 0.2) is 0 Å². The van der Waals surface area contributed by atoms with Crippen molar-refractivity contribution >= 4 is 22.9 Å². The minimum Gasteiger partial charge on any atom is -0.399 e. The summed E-state index contributed by atoms with van der Waals surface area (Å²) in [4.78, 5) is 16.0. The average molecular weight is 279 g/mol. The first-order valence-electron chi connectivity index (χ1n) is 5.79. The summed E-state index contributed by atoms with van der Waals surface area (Å²) in [5, 5.41) is 4.58. The maximum absolute atomic E-state index is 13.8. The van der Waals surface area contributed by atoms with E-state index in [0.29, 0.717) is 24.2 Å². The van der Waals surface area contributed by atoms with Crippen LogP contribution in [0.2, 0.25) is 0 Å². The molecule has 3 N–H and O–H groups in total. The number of nitrogens with zero attached hydrogens (tertiary/aromatic N) is 1. The monoisotopic (exact) mass is 279 g/mol. The normalized spacial score (nSPS) is 10.4. The molecule has 2 rings (SSSR count). The van der Waals surface area contributed by atoms with Gasteiger partial charge in [0.05, 0.1) is 16.8 Å². The Morgan fingerprint density at radius 1 is 1.53 bits per heavy atom. The Labute approximate surface area is 114 Å². The largest absolute Gasteiger partial charge is 0.399 e. The average Bonchev–Trinajstić information content (AvgIpc) is 2.86. The van der Waals surface area contributed by atoms with E-state index in [-0.39, 0.29) is 5.56 Å². The second-order valence-electron chi connectivity index (χ2n) is 4.19. The van der Waals surface area contributed by atoms with Crippen LogP contribution in [0.15, 0.2) is 23.0 Å². The molecule has 0 aliphatic carbocycles. The SMILES string of the molecule is Cc1cc(N)cc(C(=O)NCCc2cscn2)c1F. The summed E-state index contributed by atoms with van der Waals surface area (Å²) in [6, 6.07) is 2.85. The summed E-state index contributed by atoms with van der Waals surface area (Å²) >= 11 is 1.50. The number of thiazole rings is 1. The standard InChI is InChI=1S/C13H14FN3OS/c1-8-4-9(15)5-11(12(8)14)13(18)16-3-2-10-6-19-7-17-10/h4-7H,2-3,15H2,1H3,(H,16,18). The number of benzene rings is 1. The molecular formula is C13H14FN3OS. The molecule has 0 saturated carbocycles. The first-order valence-corrected chi connectivity index (χ1v) is 6.73. The van der Waals surface area contributed by atoms with Gasteiger partial charge in [-0.05, 0) is 24.6 Å². The van der Waals surface area contributed by atoms with E-state index in [0.717, 1.165) is 5.69 Å². The van der Waals surface area contributed by atoms with Gasteiger partial charge in [-0.1, -0.05) is 0 Å². The van der Waals surface area contributed by atoms with Crippen molar-refractivity contribution in [1.82, 2.24) is 10.3 Å². The molecule has 0 atom stereocenters. The van der Waals surface area contributed by atoms with Gasteiger partial charge in [0.25, 0.3) is 5.91 Å². The van der Waals surface area contributed by atoms with E-state index in [9.17, 15) is 9.18 Å². The molecule has 0 fully saturated rings. The third-order valence-electron chi connectivity index (χ3n) is 2.67. The first kappa shape index (κ1) is 13.5. The molecule has 0 bridgehead atoms. The Kier molecular flexibility index (Phi) is 4.11. The van der Waals surface area contributed by atoms with Gasteiger partial charge in [-0.25, -0.2) is 9.37 Å². The Balaban J connectivity index is 2.00. The van der Waals surface area contributed by atoms with Crippen LogP contribution in [0.1, 0.15) is 21.6 Å². The summed E-state index contributed by atoms with van der Waals surface area (Å²) in [6.45, 7) is 1.99. The van der Waals surface area contributed by atoms with Gasteiger partial charge < -0.3 is 11.1 Å². The molecule has 1 aromatic carbocycles. The summed E-state index contributed by atoms with van der Waals surface area (Å²) in [5.74, 6) is -0.983. The fraction of sp³-hybridized carbons (Fsp3) is 0.231. The molecular weight excluding hydrogens is 265 g/mol. The van der Waals surface area contributed by atoms with E-state index in [1.807, 2.05) is 5.38 Å². The summed E-state index contributed by atoms with van der Waals surface area (Å²) in [7, 11) is 0. The number of nitrogens with one attached hydrogen (secondary N) is 1. The highest BCUT2D eigenvalue weighted by Gasteiger charge is 2.14. The molecule has 1 heterocycles. The highest BCUT2D eigenvalue weighted by molar-refractivity contribution is 7.07. The van der Waals surface area contributed by atoms with Gasteiger partial charge in [-0.15, -0.1) is 11.3 Å². The van der Waals surface area contributed by atoms with Crippen LogP contribution in [-0.4, -0.2) is 17.4 Å². The minimum atomic E-state index is -0.527. The highest BCUT2D eigenvalue weighted by atomic mass is 32.1. The van der Waals surface area contributed by atoms with Crippen LogP contribution in [0, 0.1) is 12.7 Å². The van der Waals surface area contributed by atoms with Gasteiger partial charge in [0.2, 0.25) is 0 Å². The molecule has 0 spiro atoms. The number of nitrogens with two attached hydrogens (primary N) is 1. The smallest absolute Gasteiger partial charge is 0.254 e. The lowest BCUT2D eigenvalue weighted by Crippen LogP contribution is -2.27. The zero-order valence-corrected chi connectivity index (χ0v) is 11.3. The Morgan fingerprint density at radius 2 is 2.32 bits per heavy atom. The second kappa shape index (κ2) is 5.79. The van der Waals surface area contributed by atoms with Gasteiger partial charge in [-0.2, -0.15) is 0 Å². The number of hydrogen-bond donors (Lipinski definition) is 2. The number of rotatable bonds is 4. The fourth-order valence-corrected chi connectivity index (χ4v) is 2.32. The fourth-order valence-electron chi connectivity index (χ4n) is 1.72. The molecule has 4 nitrogen and oxygen atoms in total. The number of amides is 1. The summed E-state index contributed by atoms with van der Waals surface area (Å²) in [5.41, 5.74) is 8.99. The van der Waals surface area contributed by atoms with Crippen molar-refractivity contribution in [1.29, 1.82) is 0 Å². The van der Waals surface area contributed by atoms with Crippen LogP contribution >= 0.6 is 11.3 Å². The molecule has 6 heteroatoms. The number of anilines is 1. The lowest BCUT2D eigenvalue weighted by molar-refractivity contribution is 0.0950. The third-order valence-corrected chi connectivity index (χ3v) is 3.31. The van der Waals surface area contributed by atoms with E-state index < -0.39 is 11.7 Å². The number of halogens is 1. The van der Waals surface area contributed by atoms with Crippen molar-refractivity contribution in [3.05, 3.63) is 45.7 Å². The summed E-state index contributed by atoms with van der Waals surface area (Å²) in [6.07, 6.45) is 0.623. The predicted molar refractivity (Wildman–Crippen MR) is 73.7 cm³/mol. The lowest BCUT2D eigenvalue weighted by atomic mass is 10.1. The van der Waals surface area contributed by atoms with Gasteiger partial charge in [0, 0.05) is 24.0 Å². The zero-order valence-electron chi connectivity index (χ0n) is 10.4. The van der Waals surface area contributed by atoms with Crippen LogP contribution in [0.4, 0.5) is 10.1 Å². The number of aromatic nitrogens is 1. The van der Waals surface area contributed by atoms with Gasteiger partial charge >= 0.3 is 0 Å². The van der Waals surface area contributed by atoms with Crippen LogP contribution in [0.5, 0.6) is 0 Å². The van der Waals surface area contributed by atoms with Crippen molar-refractivity contribution in [2.75, 3.05) is 12.3 Å². The minimum absolute atomic E-state index is 0.0178. The van der Waals surface area contributed by atoms with Crippen molar-refractivity contribution in [3.63, 3.8) is 0 Å². The highest BCUT2D eigenvalue weighted by Crippen LogP contribution is 2.16. The van der Waals surface area contributed by atoms with E-state index in [2.05, 4.69) is 10.3 Å². The zero-order chi connectivity index (χ0) is 13.8. The van der Waals surface area contributed by atoms with Crippen molar-refractivity contribution in [3.8, 4) is 0 Å². The molecule has 1 aromatic heterocycles. The second-order valence-corrected chi connectivity index (χ2v) is 4.90. The quantitative estimate of drug-likeness (QED) is 0.843. The van der Waals surface area contributed by atoms with E-state index in [1.165, 1.54) is 23.5 Å². The van der Waals surface area contributed by atoms with Crippen LogP contribution < -0.4 is 11.1 Å². The predicted octanol–water partition coefficient (Wildman–Crippen LogP) is 2.15. The van der Waals surface area contributed by atoms with Crippen molar-refractivity contribution < 1.29 is 9.18 Å². The molecule has 0 unspecified atom stereocenters. The molecule has 100 valence electrons. The Bertz CT molecular complexity index is 584. The lowest BCUT2D eigenvalue weighted by Gasteiger charge is -2.08. The van der Waals surface area contributed by atoms with Crippen LogP contribution in [-0.2, 0) is 6.42 Å². The van der Waals surface area contributed by atoms with Crippen LogP contribution in [0.3, 0.4) is 0 Å². The van der Waals surface area contributed by atoms with Crippen molar-refractivity contribution in [2.45, 2.75) is 13.3 Å². The Morgan fingerprint density at radius 3 is 3.00 bits per heavy atom. The van der Waals surface area contributed by atoms with Crippen LogP contribution in [0.25, 0.3) is 0 Å². The maximum Gasteiger partial charge on any atom is 0.254 e. The Hall–Kier alpha value is -1.95. The number of carbonyl (C=O) groups excluding carboxylic acids is 1. The van der Waals surface area contributed by atoms with Gasteiger partial charge in [-0.3, -0.25) is 4.79 Å². The molecule has 0 aliphatic heterocycles. The molecule has 1 amide bonds. The third kappa shape index (κ3) is 3.29. The molecule has 0 aliphatic rings. The van der Waals surface area contributed by atoms with E-state index in [1.54, 1.807) is 12.4 Å². The molecule has 0 saturated heterocycles. The first-order chi connectivity index (χ1) is 9.08. The topological polar surface area (TPSA) is 68.0 Å². The van der Waals surface area contributed by atoms with Gasteiger partial charge in [0.1, 0.15) is 5.82 Å². The number of hydrogen-bond acceptors (Lipinski definition) is 4. The van der Waals surface area contributed by atoms with E-state index >= 15 is 0 Å². The molecule has 19 heavy (non-hydrogen) atoms. The number of aryl methyl sites for hydroxylation is 1. The maximum atomic E-state index is 13.8.